The van der Waals surface area contributed by atoms with E-state index in [2.05, 4.69) is 0 Å². The summed E-state index contributed by atoms with van der Waals surface area (Å²) in [5.41, 5.74) is 0.634. The first-order valence-electron chi connectivity index (χ1n) is 5.98. The van der Waals surface area contributed by atoms with Gasteiger partial charge in [-0.2, -0.15) is 0 Å². The van der Waals surface area contributed by atoms with Gasteiger partial charge in [0, 0.05) is 25.9 Å². The van der Waals surface area contributed by atoms with Gasteiger partial charge in [-0.25, -0.2) is 0 Å². The molecule has 1 unspecified atom stereocenters. The fourth-order valence-electron chi connectivity index (χ4n) is 1.53. The molecule has 1 aromatic rings. The molecule has 0 aliphatic rings. The van der Waals surface area contributed by atoms with Crippen molar-refractivity contribution in [3.8, 4) is 5.75 Å². The number of methoxy groups -OCH3 is 2. The normalized spacial score (nSPS) is 12.2. The first-order chi connectivity index (χ1) is 8.69. The molecule has 0 saturated heterocycles. The van der Waals surface area contributed by atoms with Crippen LogP contribution < -0.4 is 4.74 Å². The maximum absolute atomic E-state index is 12.0. The van der Waals surface area contributed by atoms with Gasteiger partial charge in [0.25, 0.3) is 0 Å². The Labute approximate surface area is 108 Å². The van der Waals surface area contributed by atoms with E-state index in [4.69, 9.17) is 14.2 Å². The molecule has 0 N–H and O–H groups in total. The topological polar surface area (TPSA) is 44.8 Å². The lowest BCUT2D eigenvalue weighted by Gasteiger charge is -2.12. The van der Waals surface area contributed by atoms with Crippen molar-refractivity contribution in [2.45, 2.75) is 19.4 Å². The number of Topliss-reactive ketones (excluding diaryl/α,β-unsaturated/α-hetero) is 1. The standard InChI is InChI=1S/C14H20O4/c1-11(18-10-4-9-16-2)14(15)12-5-7-13(17-3)8-6-12/h5-8,11H,4,9-10H2,1-3H3. The molecule has 0 fully saturated rings. The fraction of sp³-hybridized carbons (Fsp3) is 0.500. The van der Waals surface area contributed by atoms with Crippen LogP contribution in [0.25, 0.3) is 0 Å². The lowest BCUT2D eigenvalue weighted by Crippen LogP contribution is -2.21. The van der Waals surface area contributed by atoms with Gasteiger partial charge in [-0.15, -0.1) is 0 Å². The van der Waals surface area contributed by atoms with Gasteiger partial charge in [-0.3, -0.25) is 4.79 Å². The van der Waals surface area contributed by atoms with Crippen LogP contribution in [0.2, 0.25) is 0 Å². The number of ether oxygens (including phenoxy) is 3. The molecule has 0 heterocycles. The number of hydrogen-bond acceptors (Lipinski definition) is 4. The maximum Gasteiger partial charge on any atom is 0.191 e. The SMILES string of the molecule is COCCCOC(C)C(=O)c1ccc(OC)cc1. The third kappa shape index (κ3) is 4.47. The summed E-state index contributed by atoms with van der Waals surface area (Å²) in [5.74, 6) is 0.718. The number of carbonyl (C=O) groups excluding carboxylic acids is 1. The third-order valence-corrected chi connectivity index (χ3v) is 2.60. The van der Waals surface area contributed by atoms with E-state index in [0.29, 0.717) is 18.8 Å². The second-order valence-corrected chi connectivity index (χ2v) is 3.95. The van der Waals surface area contributed by atoms with Crippen LogP contribution in [0.15, 0.2) is 24.3 Å². The Morgan fingerprint density at radius 3 is 2.39 bits per heavy atom. The number of ketones is 1. The number of rotatable bonds is 8. The van der Waals surface area contributed by atoms with Crippen LogP contribution in [0.3, 0.4) is 0 Å². The Bertz CT molecular complexity index is 359. The van der Waals surface area contributed by atoms with Crippen LogP contribution in [-0.2, 0) is 9.47 Å². The highest BCUT2D eigenvalue weighted by Crippen LogP contribution is 2.13. The van der Waals surface area contributed by atoms with Gasteiger partial charge in [0.15, 0.2) is 5.78 Å². The molecule has 1 atom stereocenters. The molecule has 1 rings (SSSR count). The summed E-state index contributed by atoms with van der Waals surface area (Å²) >= 11 is 0. The van der Waals surface area contributed by atoms with Crippen molar-refractivity contribution < 1.29 is 19.0 Å². The van der Waals surface area contributed by atoms with E-state index in [-0.39, 0.29) is 5.78 Å². The van der Waals surface area contributed by atoms with Crippen LogP contribution in [0.1, 0.15) is 23.7 Å². The molecule has 0 spiro atoms. The van der Waals surface area contributed by atoms with Crippen molar-refractivity contribution >= 4 is 5.78 Å². The second kappa shape index (κ2) is 7.84. The minimum absolute atomic E-state index is 0.0185. The van der Waals surface area contributed by atoms with Crippen LogP contribution in [-0.4, -0.2) is 39.3 Å². The van der Waals surface area contributed by atoms with Crippen LogP contribution >= 0.6 is 0 Å². The van der Waals surface area contributed by atoms with Crippen LogP contribution in [0, 0.1) is 0 Å². The monoisotopic (exact) mass is 252 g/mol. The summed E-state index contributed by atoms with van der Waals surface area (Å²) < 4.78 is 15.4. The molecule has 4 heteroatoms. The molecular weight excluding hydrogens is 232 g/mol. The lowest BCUT2D eigenvalue weighted by molar-refractivity contribution is 0.0404. The molecule has 100 valence electrons. The first kappa shape index (κ1) is 14.7. The molecule has 1 aromatic carbocycles. The van der Waals surface area contributed by atoms with E-state index in [1.807, 2.05) is 0 Å². The Kier molecular flexibility index (Phi) is 6.39. The van der Waals surface area contributed by atoms with Gasteiger partial charge in [0.1, 0.15) is 11.9 Å². The molecule has 0 amide bonds. The number of carbonyl (C=O) groups is 1. The first-order valence-corrected chi connectivity index (χ1v) is 5.98. The predicted octanol–water partition coefficient (Wildman–Crippen LogP) is 2.32. The lowest BCUT2D eigenvalue weighted by atomic mass is 10.1. The third-order valence-electron chi connectivity index (χ3n) is 2.60. The molecule has 0 aliphatic carbocycles. The molecule has 0 saturated carbocycles. The Morgan fingerprint density at radius 1 is 1.17 bits per heavy atom. The fourth-order valence-corrected chi connectivity index (χ4v) is 1.53. The minimum atomic E-state index is -0.435. The molecule has 0 aliphatic heterocycles. The van der Waals surface area contributed by atoms with Gasteiger partial charge >= 0.3 is 0 Å². The highest BCUT2D eigenvalue weighted by molar-refractivity contribution is 5.99. The van der Waals surface area contributed by atoms with E-state index in [9.17, 15) is 4.79 Å². The minimum Gasteiger partial charge on any atom is -0.497 e. The summed E-state index contributed by atoms with van der Waals surface area (Å²) in [4.78, 5) is 12.0. The zero-order valence-corrected chi connectivity index (χ0v) is 11.1. The van der Waals surface area contributed by atoms with E-state index in [1.54, 1.807) is 45.4 Å². The highest BCUT2D eigenvalue weighted by Gasteiger charge is 2.15. The summed E-state index contributed by atoms with van der Waals surface area (Å²) in [6.45, 7) is 2.93. The van der Waals surface area contributed by atoms with Gasteiger partial charge in [-0.1, -0.05) is 0 Å². The van der Waals surface area contributed by atoms with Crippen LogP contribution in [0.5, 0.6) is 5.75 Å². The van der Waals surface area contributed by atoms with Crippen LogP contribution in [0.4, 0.5) is 0 Å². The largest absolute Gasteiger partial charge is 0.497 e. The molecule has 0 aromatic heterocycles. The summed E-state index contributed by atoms with van der Waals surface area (Å²) in [5, 5.41) is 0. The van der Waals surface area contributed by atoms with Gasteiger partial charge < -0.3 is 14.2 Å². The van der Waals surface area contributed by atoms with Crippen molar-refractivity contribution in [3.63, 3.8) is 0 Å². The van der Waals surface area contributed by atoms with Crippen molar-refractivity contribution in [3.05, 3.63) is 29.8 Å². The Balaban J connectivity index is 2.46. The molecular formula is C14H20O4. The quantitative estimate of drug-likeness (QED) is 0.526. The van der Waals surface area contributed by atoms with Crippen molar-refractivity contribution in [1.82, 2.24) is 0 Å². The Morgan fingerprint density at radius 2 is 1.83 bits per heavy atom. The number of benzene rings is 1. The molecule has 4 nitrogen and oxygen atoms in total. The van der Waals surface area contributed by atoms with E-state index < -0.39 is 6.10 Å². The smallest absolute Gasteiger partial charge is 0.191 e. The maximum atomic E-state index is 12.0. The van der Waals surface area contributed by atoms with Gasteiger partial charge in [-0.05, 0) is 37.6 Å². The molecule has 18 heavy (non-hydrogen) atoms. The molecule has 0 bridgehead atoms. The average Bonchev–Trinajstić information content (AvgIpc) is 2.42. The zero-order valence-electron chi connectivity index (χ0n) is 11.1. The van der Waals surface area contributed by atoms with Crippen molar-refractivity contribution in [1.29, 1.82) is 0 Å². The highest BCUT2D eigenvalue weighted by atomic mass is 16.5. The average molecular weight is 252 g/mol. The number of hydrogen-bond donors (Lipinski definition) is 0. The molecule has 0 radical (unpaired) electrons. The predicted molar refractivity (Wildman–Crippen MR) is 69.2 cm³/mol. The second-order valence-electron chi connectivity index (χ2n) is 3.95. The summed E-state index contributed by atoms with van der Waals surface area (Å²) in [6.07, 6.45) is 0.353. The summed E-state index contributed by atoms with van der Waals surface area (Å²) in [7, 11) is 3.24. The zero-order chi connectivity index (χ0) is 13.4. The summed E-state index contributed by atoms with van der Waals surface area (Å²) in [6, 6.07) is 7.03. The Hall–Kier alpha value is -1.39. The van der Waals surface area contributed by atoms with E-state index >= 15 is 0 Å². The van der Waals surface area contributed by atoms with Gasteiger partial charge in [0.2, 0.25) is 0 Å². The van der Waals surface area contributed by atoms with Crippen molar-refractivity contribution in [2.24, 2.45) is 0 Å². The van der Waals surface area contributed by atoms with E-state index in [0.717, 1.165) is 12.2 Å². The van der Waals surface area contributed by atoms with E-state index in [1.165, 1.54) is 0 Å². The van der Waals surface area contributed by atoms with Gasteiger partial charge in [0.05, 0.1) is 7.11 Å². The van der Waals surface area contributed by atoms with Crippen molar-refractivity contribution in [2.75, 3.05) is 27.4 Å².